The van der Waals surface area contributed by atoms with E-state index in [0.29, 0.717) is 37.7 Å². The van der Waals surface area contributed by atoms with Gasteiger partial charge in [-0.3, -0.25) is 4.79 Å². The fourth-order valence-electron chi connectivity index (χ4n) is 3.31. The van der Waals surface area contributed by atoms with Gasteiger partial charge in [0, 0.05) is 24.5 Å². The van der Waals surface area contributed by atoms with Gasteiger partial charge in [-0.05, 0) is 74.9 Å². The average molecular weight is 505 g/mol. The van der Waals surface area contributed by atoms with Crippen molar-refractivity contribution in [3.05, 3.63) is 64.7 Å². The maximum absolute atomic E-state index is 12.3. The Kier molecular flexibility index (Phi) is 11.9. The molecule has 0 bridgehead atoms. The molecule has 2 amide bonds. The highest BCUT2D eigenvalue weighted by atomic mass is 35.5. The molecular formula is C27H37ClN2O5. The van der Waals surface area contributed by atoms with Crippen molar-refractivity contribution < 1.29 is 23.8 Å². The van der Waals surface area contributed by atoms with Crippen molar-refractivity contribution in [2.45, 2.75) is 52.2 Å². The molecule has 0 aromatic heterocycles. The second kappa shape index (κ2) is 14.6. The zero-order valence-corrected chi connectivity index (χ0v) is 21.9. The lowest BCUT2D eigenvalue weighted by molar-refractivity contribution is 0.0523. The molecule has 35 heavy (non-hydrogen) atoms. The Bertz CT molecular complexity index is 942. The number of nitrogens with one attached hydrogen (secondary N) is 2. The molecule has 0 unspecified atom stereocenters. The number of halogens is 1. The van der Waals surface area contributed by atoms with Crippen LogP contribution in [0.5, 0.6) is 5.75 Å². The van der Waals surface area contributed by atoms with Gasteiger partial charge >= 0.3 is 6.09 Å². The molecule has 0 atom stereocenters. The number of aryl methyl sites for hydroxylation is 1. The van der Waals surface area contributed by atoms with Crippen molar-refractivity contribution in [2.24, 2.45) is 0 Å². The Morgan fingerprint density at radius 1 is 0.943 bits per heavy atom. The number of benzene rings is 2. The smallest absolute Gasteiger partial charge is 0.407 e. The van der Waals surface area contributed by atoms with Gasteiger partial charge in [-0.25, -0.2) is 4.79 Å². The van der Waals surface area contributed by atoms with E-state index < -0.39 is 11.7 Å². The Morgan fingerprint density at radius 2 is 1.66 bits per heavy atom. The molecule has 192 valence electrons. The van der Waals surface area contributed by atoms with E-state index in [0.717, 1.165) is 36.1 Å². The van der Waals surface area contributed by atoms with Crippen LogP contribution in [-0.4, -0.2) is 50.3 Å². The molecule has 0 saturated heterocycles. The molecule has 0 fully saturated rings. The Morgan fingerprint density at radius 3 is 2.31 bits per heavy atom. The van der Waals surface area contributed by atoms with Crippen LogP contribution in [0.4, 0.5) is 4.79 Å². The third-order valence-corrected chi connectivity index (χ3v) is 5.32. The second-order valence-electron chi connectivity index (χ2n) is 9.11. The number of hydrogen-bond donors (Lipinski definition) is 2. The van der Waals surface area contributed by atoms with E-state index in [9.17, 15) is 9.59 Å². The van der Waals surface area contributed by atoms with Crippen molar-refractivity contribution in [1.82, 2.24) is 10.6 Å². The molecule has 2 N–H and O–H groups in total. The van der Waals surface area contributed by atoms with Gasteiger partial charge in [-0.2, -0.15) is 0 Å². The third-order valence-electron chi connectivity index (χ3n) is 5.05. The molecule has 0 aliphatic heterocycles. The van der Waals surface area contributed by atoms with Gasteiger partial charge in [0.1, 0.15) is 11.4 Å². The quantitative estimate of drug-likeness (QED) is 0.300. The fourth-order valence-corrected chi connectivity index (χ4v) is 3.44. The summed E-state index contributed by atoms with van der Waals surface area (Å²) in [7, 11) is 1.67. The van der Waals surface area contributed by atoms with E-state index in [1.165, 1.54) is 5.56 Å². The molecule has 0 radical (unpaired) electrons. The van der Waals surface area contributed by atoms with Crippen LogP contribution >= 0.6 is 11.6 Å². The Balaban J connectivity index is 1.67. The molecule has 2 aromatic carbocycles. The summed E-state index contributed by atoms with van der Waals surface area (Å²) in [5, 5.41) is 5.55. The summed E-state index contributed by atoms with van der Waals surface area (Å²) in [4.78, 5) is 24.1. The van der Waals surface area contributed by atoms with Gasteiger partial charge < -0.3 is 24.8 Å². The number of methoxy groups -OCH3 is 1. The van der Waals surface area contributed by atoms with Crippen LogP contribution in [0.3, 0.4) is 0 Å². The van der Waals surface area contributed by atoms with E-state index >= 15 is 0 Å². The van der Waals surface area contributed by atoms with Gasteiger partial charge in [0.25, 0.3) is 5.91 Å². The highest BCUT2D eigenvalue weighted by Gasteiger charge is 2.15. The highest BCUT2D eigenvalue weighted by Crippen LogP contribution is 2.22. The lowest BCUT2D eigenvalue weighted by Crippen LogP contribution is -2.32. The lowest BCUT2D eigenvalue weighted by atomic mass is 10.0. The summed E-state index contributed by atoms with van der Waals surface area (Å²) < 4.78 is 16.4. The van der Waals surface area contributed by atoms with E-state index in [4.69, 9.17) is 25.8 Å². The monoisotopic (exact) mass is 504 g/mol. The first-order chi connectivity index (χ1) is 16.7. The van der Waals surface area contributed by atoms with E-state index in [1.54, 1.807) is 31.4 Å². The molecule has 7 nitrogen and oxygen atoms in total. The van der Waals surface area contributed by atoms with Crippen LogP contribution in [0, 0.1) is 0 Å². The largest absolute Gasteiger partial charge is 0.496 e. The summed E-state index contributed by atoms with van der Waals surface area (Å²) in [5.74, 6) is 1.33. The summed E-state index contributed by atoms with van der Waals surface area (Å²) in [5.41, 5.74) is 3.18. The van der Waals surface area contributed by atoms with Crippen LogP contribution in [0.15, 0.2) is 42.5 Å². The topological polar surface area (TPSA) is 85.9 Å². The standard InChI is InChI=1S/C27H37ClN2O5/c1-27(2,3)35-26(32)30-19-21-8-11-23(12-9-21)25(31)29-15-17-34-16-13-22-10-7-20(6-5-14-28)18-24(22)33-4/h7-12,18H,5-6,13-17,19H2,1-4H3,(H,29,31)(H,30,32). The maximum Gasteiger partial charge on any atom is 0.407 e. The molecule has 2 rings (SSSR count). The Hall–Kier alpha value is -2.77. The third kappa shape index (κ3) is 11.0. The molecule has 0 aliphatic rings. The number of alkyl halides is 1. The van der Waals surface area contributed by atoms with Crippen molar-refractivity contribution in [2.75, 3.05) is 32.7 Å². The normalized spacial score (nSPS) is 11.1. The first kappa shape index (κ1) is 28.5. The zero-order chi connectivity index (χ0) is 25.7. The van der Waals surface area contributed by atoms with Gasteiger partial charge in [0.2, 0.25) is 0 Å². The van der Waals surface area contributed by atoms with Crippen LogP contribution in [0.25, 0.3) is 0 Å². The number of ether oxygens (including phenoxy) is 3. The van der Waals surface area contributed by atoms with Crippen LogP contribution in [0.1, 0.15) is 54.2 Å². The highest BCUT2D eigenvalue weighted by molar-refractivity contribution is 6.17. The minimum atomic E-state index is -0.543. The minimum Gasteiger partial charge on any atom is -0.496 e. The fraction of sp³-hybridized carbons (Fsp3) is 0.481. The summed E-state index contributed by atoms with van der Waals surface area (Å²) in [6.07, 6.45) is 2.12. The van der Waals surface area contributed by atoms with Crippen molar-refractivity contribution >= 4 is 23.6 Å². The van der Waals surface area contributed by atoms with Crippen LogP contribution < -0.4 is 15.4 Å². The summed E-state index contributed by atoms with van der Waals surface area (Å²) >= 11 is 5.77. The van der Waals surface area contributed by atoms with E-state index in [-0.39, 0.29) is 5.91 Å². The lowest BCUT2D eigenvalue weighted by Gasteiger charge is -2.19. The van der Waals surface area contributed by atoms with Crippen LogP contribution in [0.2, 0.25) is 0 Å². The molecule has 0 heterocycles. The predicted octanol–water partition coefficient (Wildman–Crippen LogP) is 4.88. The number of amides is 2. The van der Waals surface area contributed by atoms with Gasteiger partial charge in [0.15, 0.2) is 0 Å². The molecule has 0 spiro atoms. The zero-order valence-electron chi connectivity index (χ0n) is 21.1. The van der Waals surface area contributed by atoms with Gasteiger partial charge in [-0.15, -0.1) is 11.6 Å². The van der Waals surface area contributed by atoms with Crippen LogP contribution in [-0.2, 0) is 28.9 Å². The maximum atomic E-state index is 12.3. The Labute approximate surface area is 213 Å². The summed E-state index contributed by atoms with van der Waals surface area (Å²) in [6.45, 7) is 7.12. The number of hydrogen-bond acceptors (Lipinski definition) is 5. The predicted molar refractivity (Wildman–Crippen MR) is 138 cm³/mol. The van der Waals surface area contributed by atoms with Crippen molar-refractivity contribution in [3.8, 4) is 5.75 Å². The number of alkyl carbamates (subject to hydrolysis) is 1. The molecule has 0 aliphatic carbocycles. The number of rotatable bonds is 13. The molecule has 2 aromatic rings. The first-order valence-corrected chi connectivity index (χ1v) is 12.4. The molecule has 0 saturated carbocycles. The van der Waals surface area contributed by atoms with Crippen molar-refractivity contribution in [3.63, 3.8) is 0 Å². The number of carbonyl (C=O) groups is 2. The molecular weight excluding hydrogens is 468 g/mol. The minimum absolute atomic E-state index is 0.172. The van der Waals surface area contributed by atoms with E-state index in [2.05, 4.69) is 28.8 Å². The second-order valence-corrected chi connectivity index (χ2v) is 9.49. The average Bonchev–Trinajstić information content (AvgIpc) is 2.83. The van der Waals surface area contributed by atoms with E-state index in [1.807, 2.05) is 20.8 Å². The summed E-state index contributed by atoms with van der Waals surface area (Å²) in [6, 6.07) is 13.3. The number of carbonyl (C=O) groups excluding carboxylic acids is 2. The first-order valence-electron chi connectivity index (χ1n) is 11.9. The molecule has 8 heteroatoms. The van der Waals surface area contributed by atoms with Crippen molar-refractivity contribution in [1.29, 1.82) is 0 Å². The van der Waals surface area contributed by atoms with Gasteiger partial charge in [0.05, 0.1) is 20.3 Å². The van der Waals surface area contributed by atoms with Gasteiger partial charge in [-0.1, -0.05) is 24.3 Å². The SMILES string of the molecule is COc1cc(CCCCl)ccc1CCOCCNC(=O)c1ccc(CNC(=O)OC(C)(C)C)cc1.